The van der Waals surface area contributed by atoms with Crippen LogP contribution >= 0.6 is 0 Å². The summed E-state index contributed by atoms with van der Waals surface area (Å²) >= 11 is 0. The Labute approximate surface area is 121 Å². The summed E-state index contributed by atoms with van der Waals surface area (Å²) in [7, 11) is 0. The highest BCUT2D eigenvalue weighted by Crippen LogP contribution is 2.27. The van der Waals surface area contributed by atoms with Crippen molar-refractivity contribution in [1.29, 1.82) is 5.26 Å². The molecule has 1 heterocycles. The molecule has 108 valence electrons. The molecule has 2 rings (SSSR count). The highest BCUT2D eigenvalue weighted by Gasteiger charge is 2.16. The van der Waals surface area contributed by atoms with E-state index in [1.807, 2.05) is 19.9 Å². The van der Waals surface area contributed by atoms with Gasteiger partial charge in [-0.25, -0.2) is 8.78 Å². The first-order valence-electron chi connectivity index (χ1n) is 6.51. The van der Waals surface area contributed by atoms with E-state index in [0.29, 0.717) is 18.5 Å². The number of ether oxygens (including phenoxy) is 1. The zero-order valence-corrected chi connectivity index (χ0v) is 11.7. The van der Waals surface area contributed by atoms with E-state index < -0.39 is 11.6 Å². The van der Waals surface area contributed by atoms with Gasteiger partial charge in [-0.05, 0) is 18.4 Å². The van der Waals surface area contributed by atoms with E-state index in [2.05, 4.69) is 10.2 Å². The number of halogens is 2. The molecule has 2 aromatic rings. The first kappa shape index (κ1) is 14.9. The maximum atomic E-state index is 13.2. The molecule has 4 nitrogen and oxygen atoms in total. The third-order valence-corrected chi connectivity index (χ3v) is 2.98. The molecule has 6 heteroatoms. The SMILES string of the molecule is CCc1nnc(Oc2cc(F)cc(F)c2)c(C#N)c1CC. The molecule has 0 spiro atoms. The summed E-state index contributed by atoms with van der Waals surface area (Å²) in [6.45, 7) is 3.80. The Morgan fingerprint density at radius 3 is 2.29 bits per heavy atom. The van der Waals surface area contributed by atoms with E-state index in [0.717, 1.165) is 23.8 Å². The Kier molecular flexibility index (Phi) is 4.43. The summed E-state index contributed by atoms with van der Waals surface area (Å²) in [5, 5.41) is 17.1. The predicted octanol–water partition coefficient (Wildman–Crippen LogP) is 3.54. The summed E-state index contributed by atoms with van der Waals surface area (Å²) in [5.41, 5.74) is 1.70. The summed E-state index contributed by atoms with van der Waals surface area (Å²) in [4.78, 5) is 0. The fraction of sp³-hybridized carbons (Fsp3) is 0.267. The van der Waals surface area contributed by atoms with Gasteiger partial charge in [0, 0.05) is 18.2 Å². The van der Waals surface area contributed by atoms with Crippen LogP contribution in [0.2, 0.25) is 0 Å². The summed E-state index contributed by atoms with van der Waals surface area (Å²) < 4.78 is 31.6. The first-order chi connectivity index (χ1) is 10.1. The van der Waals surface area contributed by atoms with Crippen LogP contribution in [0, 0.1) is 23.0 Å². The molecule has 0 amide bonds. The Morgan fingerprint density at radius 1 is 1.10 bits per heavy atom. The Bertz CT molecular complexity index is 691. The largest absolute Gasteiger partial charge is 0.436 e. The lowest BCUT2D eigenvalue weighted by Gasteiger charge is -2.11. The zero-order valence-electron chi connectivity index (χ0n) is 11.7. The highest BCUT2D eigenvalue weighted by atomic mass is 19.1. The number of nitriles is 1. The molecule has 0 aliphatic rings. The fourth-order valence-electron chi connectivity index (χ4n) is 2.04. The van der Waals surface area contributed by atoms with Crippen LogP contribution in [0.25, 0.3) is 0 Å². The van der Waals surface area contributed by atoms with Crippen LogP contribution in [0.3, 0.4) is 0 Å². The number of nitrogens with zero attached hydrogens (tertiary/aromatic N) is 3. The van der Waals surface area contributed by atoms with Gasteiger partial charge >= 0.3 is 0 Å². The van der Waals surface area contributed by atoms with Crippen LogP contribution in [-0.2, 0) is 12.8 Å². The number of aromatic nitrogens is 2. The van der Waals surface area contributed by atoms with E-state index in [-0.39, 0.29) is 17.2 Å². The highest BCUT2D eigenvalue weighted by molar-refractivity contribution is 5.47. The Morgan fingerprint density at radius 2 is 1.76 bits per heavy atom. The van der Waals surface area contributed by atoms with Crippen LogP contribution in [0.15, 0.2) is 18.2 Å². The van der Waals surface area contributed by atoms with Crippen LogP contribution < -0.4 is 4.74 Å². The lowest BCUT2D eigenvalue weighted by atomic mass is 10.0. The second kappa shape index (κ2) is 6.27. The molecular weight excluding hydrogens is 276 g/mol. The molecular formula is C15H13F2N3O. The van der Waals surface area contributed by atoms with Crippen molar-refractivity contribution >= 4 is 0 Å². The number of hydrogen-bond acceptors (Lipinski definition) is 4. The molecule has 21 heavy (non-hydrogen) atoms. The van der Waals surface area contributed by atoms with Gasteiger partial charge in [-0.15, -0.1) is 5.10 Å². The van der Waals surface area contributed by atoms with Gasteiger partial charge in [0.05, 0.1) is 5.69 Å². The second-order valence-electron chi connectivity index (χ2n) is 4.33. The molecule has 0 aliphatic heterocycles. The zero-order chi connectivity index (χ0) is 15.4. The fourth-order valence-corrected chi connectivity index (χ4v) is 2.04. The van der Waals surface area contributed by atoms with Crippen LogP contribution in [0.4, 0.5) is 8.78 Å². The maximum absolute atomic E-state index is 13.2. The van der Waals surface area contributed by atoms with Gasteiger partial charge in [-0.1, -0.05) is 13.8 Å². The van der Waals surface area contributed by atoms with Crippen LogP contribution in [0.5, 0.6) is 11.6 Å². The van der Waals surface area contributed by atoms with Crippen molar-refractivity contribution in [3.63, 3.8) is 0 Å². The van der Waals surface area contributed by atoms with E-state index in [9.17, 15) is 14.0 Å². The maximum Gasteiger partial charge on any atom is 0.257 e. The van der Waals surface area contributed by atoms with Gasteiger partial charge in [-0.3, -0.25) is 0 Å². The normalized spacial score (nSPS) is 10.2. The minimum absolute atomic E-state index is 0.0449. The number of aryl methyl sites for hydroxylation is 1. The van der Waals surface area contributed by atoms with Crippen molar-refractivity contribution in [2.24, 2.45) is 0 Å². The molecule has 1 aromatic heterocycles. The van der Waals surface area contributed by atoms with E-state index in [1.54, 1.807) is 0 Å². The van der Waals surface area contributed by atoms with Crippen molar-refractivity contribution < 1.29 is 13.5 Å². The van der Waals surface area contributed by atoms with Gasteiger partial charge in [0.15, 0.2) is 0 Å². The smallest absolute Gasteiger partial charge is 0.257 e. The van der Waals surface area contributed by atoms with E-state index >= 15 is 0 Å². The average molecular weight is 289 g/mol. The second-order valence-corrected chi connectivity index (χ2v) is 4.33. The molecule has 0 bridgehead atoms. The lowest BCUT2D eigenvalue weighted by Crippen LogP contribution is -2.05. The molecule has 0 atom stereocenters. The molecule has 0 fully saturated rings. The summed E-state index contributed by atoms with van der Waals surface area (Å²) in [6.07, 6.45) is 1.23. The van der Waals surface area contributed by atoms with E-state index in [4.69, 9.17) is 4.74 Å². The van der Waals surface area contributed by atoms with Gasteiger partial charge in [0.1, 0.15) is 29.0 Å². The Balaban J connectivity index is 2.47. The quantitative estimate of drug-likeness (QED) is 0.863. The number of hydrogen-bond donors (Lipinski definition) is 0. The predicted molar refractivity (Wildman–Crippen MR) is 71.9 cm³/mol. The molecule has 0 saturated heterocycles. The van der Waals surface area contributed by atoms with Gasteiger partial charge in [0.25, 0.3) is 5.88 Å². The average Bonchev–Trinajstić information content (AvgIpc) is 2.45. The topological polar surface area (TPSA) is 58.8 Å². The molecule has 0 N–H and O–H groups in total. The standard InChI is InChI=1S/C15H13F2N3O/c1-3-12-13(8-18)15(20-19-14(12)4-2)21-11-6-9(16)5-10(17)7-11/h5-7H,3-4H2,1-2H3. The van der Waals surface area contributed by atoms with Crippen LogP contribution in [0.1, 0.15) is 30.7 Å². The molecule has 0 unspecified atom stereocenters. The van der Waals surface area contributed by atoms with Crippen molar-refractivity contribution in [1.82, 2.24) is 10.2 Å². The minimum atomic E-state index is -0.766. The molecule has 0 radical (unpaired) electrons. The van der Waals surface area contributed by atoms with Gasteiger partial charge in [0.2, 0.25) is 0 Å². The van der Waals surface area contributed by atoms with Gasteiger partial charge < -0.3 is 4.74 Å². The lowest BCUT2D eigenvalue weighted by molar-refractivity contribution is 0.441. The Hall–Kier alpha value is -2.55. The first-order valence-corrected chi connectivity index (χ1v) is 6.51. The summed E-state index contributed by atoms with van der Waals surface area (Å²) in [5.74, 6) is -1.64. The number of benzene rings is 1. The van der Waals surface area contributed by atoms with E-state index in [1.165, 1.54) is 0 Å². The van der Waals surface area contributed by atoms with Crippen molar-refractivity contribution in [3.8, 4) is 17.7 Å². The molecule has 1 aromatic carbocycles. The van der Waals surface area contributed by atoms with Crippen molar-refractivity contribution in [3.05, 3.63) is 46.7 Å². The monoisotopic (exact) mass is 289 g/mol. The van der Waals surface area contributed by atoms with Crippen LogP contribution in [-0.4, -0.2) is 10.2 Å². The molecule has 0 aliphatic carbocycles. The van der Waals surface area contributed by atoms with Crippen molar-refractivity contribution in [2.75, 3.05) is 0 Å². The summed E-state index contributed by atoms with van der Waals surface area (Å²) in [6, 6.07) is 4.80. The van der Waals surface area contributed by atoms with Crippen molar-refractivity contribution in [2.45, 2.75) is 26.7 Å². The molecule has 0 saturated carbocycles. The van der Waals surface area contributed by atoms with Gasteiger partial charge in [-0.2, -0.15) is 10.4 Å². The number of rotatable bonds is 4. The minimum Gasteiger partial charge on any atom is -0.436 e. The third kappa shape index (κ3) is 3.14. The third-order valence-electron chi connectivity index (χ3n) is 2.98.